The summed E-state index contributed by atoms with van der Waals surface area (Å²) in [5.74, 6) is 0.458. The second-order valence-electron chi connectivity index (χ2n) is 6.12. The fourth-order valence-electron chi connectivity index (χ4n) is 2.81. The molecule has 1 aromatic heterocycles. The molecule has 0 unspecified atom stereocenters. The number of amides is 2. The number of likely N-dealkylation sites (tertiary alicyclic amines) is 1. The fourth-order valence-corrected chi connectivity index (χ4v) is 2.81. The molecule has 1 aliphatic rings. The Kier molecular flexibility index (Phi) is 4.97. The third-order valence-electron chi connectivity index (χ3n) is 4.11. The number of nitrogens with zero attached hydrogens (tertiary/aromatic N) is 4. The van der Waals surface area contributed by atoms with Gasteiger partial charge in [-0.1, -0.05) is 18.2 Å². The van der Waals surface area contributed by atoms with E-state index in [1.165, 1.54) is 0 Å². The molecule has 25 heavy (non-hydrogen) atoms. The number of aromatic nitrogens is 2. The molecule has 0 radical (unpaired) electrons. The normalized spacial score (nSPS) is 16.7. The zero-order valence-electron chi connectivity index (χ0n) is 14.3. The Hall–Kier alpha value is -2.90. The Morgan fingerprint density at radius 2 is 2.08 bits per heavy atom. The Morgan fingerprint density at radius 3 is 2.76 bits per heavy atom. The number of carbonyl (C=O) groups excluding carboxylic acids is 2. The van der Waals surface area contributed by atoms with Gasteiger partial charge < -0.3 is 19.6 Å². The van der Waals surface area contributed by atoms with Gasteiger partial charge in [0.15, 0.2) is 0 Å². The summed E-state index contributed by atoms with van der Waals surface area (Å²) < 4.78 is 5.08. The molecule has 0 aliphatic carbocycles. The largest absolute Gasteiger partial charge is 0.345 e. The smallest absolute Gasteiger partial charge is 0.265 e. The third kappa shape index (κ3) is 3.78. The van der Waals surface area contributed by atoms with Gasteiger partial charge in [0.1, 0.15) is 6.04 Å². The van der Waals surface area contributed by atoms with Crippen LogP contribution in [-0.4, -0.2) is 53.5 Å². The van der Waals surface area contributed by atoms with Gasteiger partial charge in [0, 0.05) is 26.2 Å². The van der Waals surface area contributed by atoms with Crippen molar-refractivity contribution in [3.8, 4) is 0 Å². The van der Waals surface area contributed by atoms with Crippen molar-refractivity contribution in [3.63, 3.8) is 0 Å². The van der Waals surface area contributed by atoms with Gasteiger partial charge in [-0.25, -0.2) is 0 Å². The predicted octanol–water partition coefficient (Wildman–Crippen LogP) is 1.06. The minimum atomic E-state index is -0.469. The summed E-state index contributed by atoms with van der Waals surface area (Å²) in [6, 6.07) is 8.54. The zero-order chi connectivity index (χ0) is 17.8. The highest BCUT2D eigenvalue weighted by molar-refractivity contribution is 5.97. The van der Waals surface area contributed by atoms with Crippen molar-refractivity contribution in [3.05, 3.63) is 41.8 Å². The van der Waals surface area contributed by atoms with Crippen molar-refractivity contribution < 1.29 is 14.1 Å². The van der Waals surface area contributed by atoms with Crippen LogP contribution in [0, 0.1) is 0 Å². The van der Waals surface area contributed by atoms with E-state index in [9.17, 15) is 9.59 Å². The van der Waals surface area contributed by atoms with Crippen molar-refractivity contribution in [1.82, 2.24) is 20.4 Å². The number of rotatable bonds is 5. The van der Waals surface area contributed by atoms with Crippen LogP contribution in [0.4, 0.5) is 5.95 Å². The molecule has 3 rings (SSSR count). The molecule has 1 aromatic carbocycles. The minimum Gasteiger partial charge on any atom is -0.345 e. The Bertz CT molecular complexity index is 744. The molecule has 8 heteroatoms. The molecular formula is C17H21N5O3. The quantitative estimate of drug-likeness (QED) is 0.873. The summed E-state index contributed by atoms with van der Waals surface area (Å²) in [5.41, 5.74) is 0.592. The SMILES string of the molecule is CN(C)c1noc(CNC(=O)[C@@H]2CCCN2C(=O)c2ccccc2)n1. The number of anilines is 1. The second-order valence-corrected chi connectivity index (χ2v) is 6.12. The van der Waals surface area contributed by atoms with E-state index in [1.54, 1.807) is 36.0 Å². The van der Waals surface area contributed by atoms with Gasteiger partial charge in [0.05, 0.1) is 6.54 Å². The van der Waals surface area contributed by atoms with Crippen molar-refractivity contribution in [2.75, 3.05) is 25.5 Å². The van der Waals surface area contributed by atoms with Crippen LogP contribution in [0.1, 0.15) is 29.1 Å². The number of hydrogen-bond acceptors (Lipinski definition) is 6. The van der Waals surface area contributed by atoms with Crippen LogP contribution in [0.5, 0.6) is 0 Å². The molecule has 2 aromatic rings. The lowest BCUT2D eigenvalue weighted by Crippen LogP contribution is -2.45. The molecule has 2 heterocycles. The van der Waals surface area contributed by atoms with E-state index in [0.29, 0.717) is 30.4 Å². The average Bonchev–Trinajstić information content (AvgIpc) is 3.29. The summed E-state index contributed by atoms with van der Waals surface area (Å²) in [6.45, 7) is 0.723. The van der Waals surface area contributed by atoms with Crippen molar-refractivity contribution >= 4 is 17.8 Å². The molecule has 0 saturated carbocycles. The number of hydrogen-bond donors (Lipinski definition) is 1. The minimum absolute atomic E-state index is 0.120. The van der Waals surface area contributed by atoms with E-state index in [2.05, 4.69) is 15.5 Å². The molecule has 1 aliphatic heterocycles. The van der Waals surface area contributed by atoms with E-state index in [0.717, 1.165) is 6.42 Å². The number of nitrogens with one attached hydrogen (secondary N) is 1. The first-order valence-corrected chi connectivity index (χ1v) is 8.20. The molecule has 132 valence electrons. The molecule has 1 fully saturated rings. The molecular weight excluding hydrogens is 322 g/mol. The summed E-state index contributed by atoms with van der Waals surface area (Å²) in [7, 11) is 3.61. The van der Waals surface area contributed by atoms with Crippen LogP contribution >= 0.6 is 0 Å². The van der Waals surface area contributed by atoms with Crippen molar-refractivity contribution in [2.24, 2.45) is 0 Å². The van der Waals surface area contributed by atoms with E-state index >= 15 is 0 Å². The standard InChI is InChI=1S/C17H21N5O3/c1-21(2)17-19-14(25-20-17)11-18-15(23)13-9-6-10-22(13)16(24)12-7-4-3-5-8-12/h3-5,7-8,13H,6,9-11H2,1-2H3,(H,18,23)/t13-/m0/s1. The summed E-state index contributed by atoms with van der Waals surface area (Å²) >= 11 is 0. The van der Waals surface area contributed by atoms with Gasteiger partial charge in [-0.15, -0.1) is 0 Å². The van der Waals surface area contributed by atoms with Gasteiger partial charge in [-0.05, 0) is 30.1 Å². The highest BCUT2D eigenvalue weighted by Gasteiger charge is 2.34. The molecule has 0 spiro atoms. The topological polar surface area (TPSA) is 91.6 Å². The van der Waals surface area contributed by atoms with Crippen LogP contribution in [0.3, 0.4) is 0 Å². The molecule has 0 bridgehead atoms. The van der Waals surface area contributed by atoms with Gasteiger partial charge in [0.2, 0.25) is 11.8 Å². The molecule has 1 atom stereocenters. The Morgan fingerprint density at radius 1 is 1.32 bits per heavy atom. The van der Waals surface area contributed by atoms with Gasteiger partial charge in [-0.2, -0.15) is 4.98 Å². The maximum absolute atomic E-state index is 12.6. The van der Waals surface area contributed by atoms with Crippen molar-refractivity contribution in [2.45, 2.75) is 25.4 Å². The first kappa shape index (κ1) is 16.9. The average molecular weight is 343 g/mol. The molecule has 2 amide bonds. The van der Waals surface area contributed by atoms with E-state index in [1.807, 2.05) is 18.2 Å². The van der Waals surface area contributed by atoms with Gasteiger partial charge >= 0.3 is 0 Å². The fraction of sp³-hybridized carbons (Fsp3) is 0.412. The lowest BCUT2D eigenvalue weighted by molar-refractivity contribution is -0.125. The summed E-state index contributed by atoms with van der Waals surface area (Å²) in [4.78, 5) is 32.6. The molecule has 1 N–H and O–H groups in total. The van der Waals surface area contributed by atoms with E-state index < -0.39 is 6.04 Å². The third-order valence-corrected chi connectivity index (χ3v) is 4.11. The first-order valence-electron chi connectivity index (χ1n) is 8.20. The summed E-state index contributed by atoms with van der Waals surface area (Å²) in [5, 5.41) is 6.58. The zero-order valence-corrected chi connectivity index (χ0v) is 14.3. The van der Waals surface area contributed by atoms with Crippen LogP contribution in [-0.2, 0) is 11.3 Å². The predicted molar refractivity (Wildman–Crippen MR) is 91.0 cm³/mol. The molecule has 1 saturated heterocycles. The molecule has 8 nitrogen and oxygen atoms in total. The van der Waals surface area contributed by atoms with Crippen molar-refractivity contribution in [1.29, 1.82) is 0 Å². The lowest BCUT2D eigenvalue weighted by Gasteiger charge is -2.23. The van der Waals surface area contributed by atoms with Crippen LogP contribution in [0.2, 0.25) is 0 Å². The van der Waals surface area contributed by atoms with E-state index in [4.69, 9.17) is 4.52 Å². The van der Waals surface area contributed by atoms with E-state index in [-0.39, 0.29) is 18.4 Å². The first-order chi connectivity index (χ1) is 12.1. The highest BCUT2D eigenvalue weighted by Crippen LogP contribution is 2.20. The number of benzene rings is 1. The Balaban J connectivity index is 1.61. The summed E-state index contributed by atoms with van der Waals surface area (Å²) in [6.07, 6.45) is 1.46. The maximum Gasteiger partial charge on any atom is 0.265 e. The van der Waals surface area contributed by atoms with Crippen LogP contribution in [0.25, 0.3) is 0 Å². The van der Waals surface area contributed by atoms with Crippen LogP contribution < -0.4 is 10.2 Å². The number of carbonyl (C=O) groups is 2. The highest BCUT2D eigenvalue weighted by atomic mass is 16.5. The van der Waals surface area contributed by atoms with Gasteiger partial charge in [-0.3, -0.25) is 9.59 Å². The second kappa shape index (κ2) is 7.33. The van der Waals surface area contributed by atoms with Crippen LogP contribution in [0.15, 0.2) is 34.9 Å². The Labute approximate surface area is 145 Å². The lowest BCUT2D eigenvalue weighted by atomic mass is 10.1. The maximum atomic E-state index is 12.6. The monoisotopic (exact) mass is 343 g/mol. The van der Waals surface area contributed by atoms with Gasteiger partial charge in [0.25, 0.3) is 11.9 Å².